The van der Waals surface area contributed by atoms with Crippen molar-refractivity contribution in [3.05, 3.63) is 24.5 Å². The summed E-state index contributed by atoms with van der Waals surface area (Å²) >= 11 is 1.72. The largest absolute Gasteiger partial charge is 0.349 e. The van der Waals surface area contributed by atoms with Crippen LogP contribution in [0.15, 0.2) is 29.4 Å². The second kappa shape index (κ2) is 2.83. The lowest BCUT2D eigenvalue weighted by molar-refractivity contribution is 0.965. The Balaban J connectivity index is 2.71. The summed E-state index contributed by atoms with van der Waals surface area (Å²) in [6.07, 6.45) is 6.00. The second-order valence-electron chi connectivity index (χ2n) is 2.71. The molecule has 12 heavy (non-hydrogen) atoms. The summed E-state index contributed by atoms with van der Waals surface area (Å²) in [5.74, 6) is 0. The van der Waals surface area contributed by atoms with E-state index in [0.717, 1.165) is 5.52 Å². The van der Waals surface area contributed by atoms with Gasteiger partial charge >= 0.3 is 0 Å². The van der Waals surface area contributed by atoms with Gasteiger partial charge in [-0.3, -0.25) is 4.98 Å². The SMILES string of the molecule is CSc1cnc2ccn(C)c2c1. The molecular formula is C9H10N2S. The quantitative estimate of drug-likeness (QED) is 0.623. The number of aryl methyl sites for hydroxylation is 1. The van der Waals surface area contributed by atoms with Crippen molar-refractivity contribution in [1.82, 2.24) is 9.55 Å². The number of hydrogen-bond donors (Lipinski definition) is 0. The summed E-state index contributed by atoms with van der Waals surface area (Å²) in [6.45, 7) is 0. The summed E-state index contributed by atoms with van der Waals surface area (Å²) in [6, 6.07) is 4.19. The van der Waals surface area contributed by atoms with Crippen molar-refractivity contribution in [3.63, 3.8) is 0 Å². The minimum absolute atomic E-state index is 1.07. The van der Waals surface area contributed by atoms with E-state index in [4.69, 9.17) is 0 Å². The molecule has 0 fully saturated rings. The lowest BCUT2D eigenvalue weighted by Gasteiger charge is -1.97. The Bertz CT molecular complexity index is 406. The van der Waals surface area contributed by atoms with Crippen molar-refractivity contribution < 1.29 is 0 Å². The molecule has 0 atom stereocenters. The van der Waals surface area contributed by atoms with Crippen LogP contribution in [0.2, 0.25) is 0 Å². The Kier molecular flexibility index (Phi) is 1.81. The molecule has 0 aliphatic rings. The second-order valence-corrected chi connectivity index (χ2v) is 3.59. The van der Waals surface area contributed by atoms with Crippen molar-refractivity contribution in [2.24, 2.45) is 7.05 Å². The molecule has 0 N–H and O–H groups in total. The highest BCUT2D eigenvalue weighted by atomic mass is 32.2. The van der Waals surface area contributed by atoms with Crippen LogP contribution >= 0.6 is 11.8 Å². The molecule has 0 bridgehead atoms. The molecule has 2 aromatic heterocycles. The monoisotopic (exact) mass is 178 g/mol. The summed E-state index contributed by atoms with van der Waals surface area (Å²) in [7, 11) is 2.04. The third-order valence-corrected chi connectivity index (χ3v) is 2.64. The van der Waals surface area contributed by atoms with Crippen LogP contribution in [0.4, 0.5) is 0 Å². The van der Waals surface area contributed by atoms with Gasteiger partial charge in [-0.05, 0) is 18.4 Å². The van der Waals surface area contributed by atoms with E-state index in [9.17, 15) is 0 Å². The molecule has 0 unspecified atom stereocenters. The fraction of sp³-hybridized carbons (Fsp3) is 0.222. The number of thioether (sulfide) groups is 1. The average molecular weight is 178 g/mol. The summed E-state index contributed by atoms with van der Waals surface area (Å²) in [4.78, 5) is 5.54. The van der Waals surface area contributed by atoms with Crippen molar-refractivity contribution in [1.29, 1.82) is 0 Å². The molecule has 0 amide bonds. The van der Waals surface area contributed by atoms with E-state index >= 15 is 0 Å². The molecule has 2 aromatic rings. The highest BCUT2D eigenvalue weighted by Gasteiger charge is 1.99. The van der Waals surface area contributed by atoms with E-state index in [0.29, 0.717) is 0 Å². The lowest BCUT2D eigenvalue weighted by atomic mass is 10.4. The van der Waals surface area contributed by atoms with Crippen LogP contribution in [0.25, 0.3) is 11.0 Å². The number of aromatic nitrogens is 2. The molecule has 2 rings (SSSR count). The van der Waals surface area contributed by atoms with Crippen LogP contribution in [0.5, 0.6) is 0 Å². The molecule has 0 spiro atoms. The zero-order valence-corrected chi connectivity index (χ0v) is 7.93. The third-order valence-electron chi connectivity index (χ3n) is 1.94. The maximum Gasteiger partial charge on any atom is 0.0881 e. The first-order chi connectivity index (χ1) is 5.81. The zero-order chi connectivity index (χ0) is 8.55. The standard InChI is InChI=1S/C9H10N2S/c1-11-4-3-8-9(11)5-7(12-2)6-10-8/h3-6H,1-2H3. The fourth-order valence-electron chi connectivity index (χ4n) is 1.23. The maximum absolute atomic E-state index is 4.33. The highest BCUT2D eigenvalue weighted by Crippen LogP contribution is 2.19. The Hall–Kier alpha value is -0.960. The van der Waals surface area contributed by atoms with Gasteiger partial charge in [-0.15, -0.1) is 11.8 Å². The van der Waals surface area contributed by atoms with E-state index in [1.54, 1.807) is 11.8 Å². The Morgan fingerprint density at radius 1 is 1.50 bits per heavy atom. The fourth-order valence-corrected chi connectivity index (χ4v) is 1.62. The molecule has 3 heteroatoms. The summed E-state index contributed by atoms with van der Waals surface area (Å²) in [5, 5.41) is 0. The van der Waals surface area contributed by atoms with Crippen LogP contribution in [-0.4, -0.2) is 15.8 Å². The number of fused-ring (bicyclic) bond motifs is 1. The van der Waals surface area contributed by atoms with Gasteiger partial charge in [0.1, 0.15) is 0 Å². The number of pyridine rings is 1. The molecule has 62 valence electrons. The van der Waals surface area contributed by atoms with Gasteiger partial charge < -0.3 is 4.57 Å². The molecule has 0 radical (unpaired) electrons. The average Bonchev–Trinajstić information content (AvgIpc) is 2.47. The smallest absolute Gasteiger partial charge is 0.0881 e. The van der Waals surface area contributed by atoms with Crippen LogP contribution < -0.4 is 0 Å². The van der Waals surface area contributed by atoms with E-state index in [1.807, 2.05) is 25.5 Å². The first-order valence-corrected chi connectivity index (χ1v) is 4.99. The molecular weight excluding hydrogens is 168 g/mol. The predicted molar refractivity (Wildman–Crippen MR) is 52.5 cm³/mol. The van der Waals surface area contributed by atoms with E-state index in [2.05, 4.69) is 21.9 Å². The minimum Gasteiger partial charge on any atom is -0.349 e. The number of hydrogen-bond acceptors (Lipinski definition) is 2. The maximum atomic E-state index is 4.33. The van der Waals surface area contributed by atoms with E-state index in [-0.39, 0.29) is 0 Å². The molecule has 0 aliphatic carbocycles. The Morgan fingerprint density at radius 3 is 3.08 bits per heavy atom. The van der Waals surface area contributed by atoms with Crippen LogP contribution in [0.3, 0.4) is 0 Å². The van der Waals surface area contributed by atoms with Gasteiger partial charge in [-0.1, -0.05) is 0 Å². The van der Waals surface area contributed by atoms with E-state index < -0.39 is 0 Å². The highest BCUT2D eigenvalue weighted by molar-refractivity contribution is 7.98. The van der Waals surface area contributed by atoms with Crippen molar-refractivity contribution >= 4 is 22.8 Å². The van der Waals surface area contributed by atoms with Crippen LogP contribution in [0, 0.1) is 0 Å². The molecule has 0 saturated carbocycles. The van der Waals surface area contributed by atoms with Gasteiger partial charge in [0.25, 0.3) is 0 Å². The number of rotatable bonds is 1. The van der Waals surface area contributed by atoms with Gasteiger partial charge in [0.2, 0.25) is 0 Å². The van der Waals surface area contributed by atoms with Crippen molar-refractivity contribution in [3.8, 4) is 0 Å². The Labute approximate surface area is 75.6 Å². The van der Waals surface area contributed by atoms with Crippen molar-refractivity contribution in [2.45, 2.75) is 4.90 Å². The molecule has 0 aromatic carbocycles. The summed E-state index contributed by atoms with van der Waals surface area (Å²) < 4.78 is 2.09. The predicted octanol–water partition coefficient (Wildman–Crippen LogP) is 2.30. The topological polar surface area (TPSA) is 17.8 Å². The van der Waals surface area contributed by atoms with Gasteiger partial charge in [0.15, 0.2) is 0 Å². The molecule has 2 nitrogen and oxygen atoms in total. The molecule has 0 saturated heterocycles. The van der Waals surface area contributed by atoms with Crippen LogP contribution in [0.1, 0.15) is 0 Å². The van der Waals surface area contributed by atoms with Gasteiger partial charge in [-0.2, -0.15) is 0 Å². The first-order valence-electron chi connectivity index (χ1n) is 3.76. The minimum atomic E-state index is 1.07. The molecule has 2 heterocycles. The van der Waals surface area contributed by atoms with Gasteiger partial charge in [0, 0.05) is 24.3 Å². The number of nitrogens with zero attached hydrogens (tertiary/aromatic N) is 2. The lowest BCUT2D eigenvalue weighted by Crippen LogP contribution is -1.85. The van der Waals surface area contributed by atoms with Crippen LogP contribution in [-0.2, 0) is 7.05 Å². The normalized spacial score (nSPS) is 10.8. The van der Waals surface area contributed by atoms with E-state index in [1.165, 1.54) is 10.4 Å². The van der Waals surface area contributed by atoms with Gasteiger partial charge in [-0.25, -0.2) is 0 Å². The Morgan fingerprint density at radius 2 is 2.33 bits per heavy atom. The van der Waals surface area contributed by atoms with Crippen molar-refractivity contribution in [2.75, 3.05) is 6.26 Å². The third kappa shape index (κ3) is 1.10. The summed E-state index contributed by atoms with van der Waals surface area (Å²) in [5.41, 5.74) is 2.26. The zero-order valence-electron chi connectivity index (χ0n) is 7.11. The van der Waals surface area contributed by atoms with Gasteiger partial charge in [0.05, 0.1) is 11.0 Å². The molecule has 0 aliphatic heterocycles. The first kappa shape index (κ1) is 7.68.